The normalized spacial score (nSPS) is 18.8. The molecule has 4 nitrogen and oxygen atoms in total. The van der Waals surface area contributed by atoms with Crippen LogP contribution in [0.25, 0.3) is 0 Å². The first-order valence-electron chi connectivity index (χ1n) is 7.25. The summed E-state index contributed by atoms with van der Waals surface area (Å²) in [5.74, 6) is 0.671. The summed E-state index contributed by atoms with van der Waals surface area (Å²) < 4.78 is 13.1. The average molecular weight is 410 g/mol. The maximum atomic E-state index is 12.1. The number of amides is 1. The van der Waals surface area contributed by atoms with Gasteiger partial charge in [-0.3, -0.25) is 9.00 Å². The van der Waals surface area contributed by atoms with Gasteiger partial charge in [0.15, 0.2) is 0 Å². The number of carbonyl (C=O) groups is 1. The molecule has 22 heavy (non-hydrogen) atoms. The molecule has 1 heterocycles. The molecule has 2 atom stereocenters. The van der Waals surface area contributed by atoms with E-state index in [9.17, 15) is 9.00 Å². The summed E-state index contributed by atoms with van der Waals surface area (Å²) in [6.07, 6.45) is 3.15. The molecule has 1 amide bonds. The van der Waals surface area contributed by atoms with Gasteiger partial charge in [0.25, 0.3) is 0 Å². The van der Waals surface area contributed by atoms with Crippen LogP contribution in [0.1, 0.15) is 25.7 Å². The standard InChI is InChI=1S/C15H21BrN2O2S.ClH/c16-12-5-7-14(8-6-12)21(20)10-2-4-15(19)18-9-1-3-13(18)11-17;/h5-8,13H,1-4,9-11,17H2;1H. The molecule has 2 unspecified atom stereocenters. The van der Waals surface area contributed by atoms with Crippen molar-refractivity contribution in [2.45, 2.75) is 36.6 Å². The molecule has 0 radical (unpaired) electrons. The van der Waals surface area contributed by atoms with Crippen LogP contribution in [0.15, 0.2) is 33.6 Å². The highest BCUT2D eigenvalue weighted by Gasteiger charge is 2.26. The first-order chi connectivity index (χ1) is 10.1. The second kappa shape index (κ2) is 9.65. The molecule has 1 aromatic carbocycles. The molecule has 124 valence electrons. The summed E-state index contributed by atoms with van der Waals surface area (Å²) >= 11 is 3.36. The Labute approximate surface area is 148 Å². The van der Waals surface area contributed by atoms with Crippen LogP contribution in [-0.2, 0) is 15.6 Å². The number of carbonyl (C=O) groups excluding carboxylic acids is 1. The Bertz CT molecular complexity index is 513. The fourth-order valence-corrected chi connectivity index (χ4v) is 3.96. The largest absolute Gasteiger partial charge is 0.338 e. The number of hydrogen-bond donors (Lipinski definition) is 1. The highest BCUT2D eigenvalue weighted by Crippen LogP contribution is 2.18. The Morgan fingerprint density at radius 1 is 1.36 bits per heavy atom. The van der Waals surface area contributed by atoms with E-state index in [-0.39, 0.29) is 24.4 Å². The molecule has 0 saturated carbocycles. The predicted octanol–water partition coefficient (Wildman–Crippen LogP) is 2.71. The molecular formula is C15H22BrClN2O2S. The fraction of sp³-hybridized carbons (Fsp3) is 0.533. The summed E-state index contributed by atoms with van der Waals surface area (Å²) in [4.78, 5) is 14.8. The van der Waals surface area contributed by atoms with Crippen LogP contribution in [0.4, 0.5) is 0 Å². The molecular weight excluding hydrogens is 388 g/mol. The lowest BCUT2D eigenvalue weighted by molar-refractivity contribution is -0.131. The third-order valence-electron chi connectivity index (χ3n) is 3.77. The Morgan fingerprint density at radius 3 is 2.68 bits per heavy atom. The molecule has 1 aromatic rings. The van der Waals surface area contributed by atoms with E-state index in [4.69, 9.17) is 5.73 Å². The average Bonchev–Trinajstić information content (AvgIpc) is 2.96. The number of nitrogens with two attached hydrogens (primary N) is 1. The molecule has 2 N–H and O–H groups in total. The molecule has 1 aliphatic rings. The van der Waals surface area contributed by atoms with Crippen molar-refractivity contribution < 1.29 is 9.00 Å². The van der Waals surface area contributed by atoms with Crippen molar-refractivity contribution in [2.75, 3.05) is 18.8 Å². The zero-order chi connectivity index (χ0) is 15.2. The minimum absolute atomic E-state index is 0. The monoisotopic (exact) mass is 408 g/mol. The van der Waals surface area contributed by atoms with E-state index in [1.807, 2.05) is 29.2 Å². The maximum absolute atomic E-state index is 12.1. The number of rotatable bonds is 6. The van der Waals surface area contributed by atoms with Gasteiger partial charge < -0.3 is 10.6 Å². The summed E-state index contributed by atoms with van der Waals surface area (Å²) in [6, 6.07) is 7.68. The molecule has 1 aliphatic heterocycles. The highest BCUT2D eigenvalue weighted by atomic mass is 79.9. The SMILES string of the molecule is Cl.NCC1CCCN1C(=O)CCCS(=O)c1ccc(Br)cc1. The summed E-state index contributed by atoms with van der Waals surface area (Å²) in [5, 5.41) is 0. The van der Waals surface area contributed by atoms with Crippen LogP contribution in [0, 0.1) is 0 Å². The van der Waals surface area contributed by atoms with Gasteiger partial charge in [0, 0.05) is 40.7 Å². The van der Waals surface area contributed by atoms with Gasteiger partial charge in [0.05, 0.1) is 10.8 Å². The summed E-state index contributed by atoms with van der Waals surface area (Å²) in [6.45, 7) is 1.35. The van der Waals surface area contributed by atoms with Crippen LogP contribution < -0.4 is 5.73 Å². The lowest BCUT2D eigenvalue weighted by Gasteiger charge is -2.23. The van der Waals surface area contributed by atoms with Crippen LogP contribution in [-0.4, -0.2) is 39.9 Å². The third kappa shape index (κ3) is 5.33. The number of halogens is 2. The smallest absolute Gasteiger partial charge is 0.222 e. The summed E-state index contributed by atoms with van der Waals surface area (Å²) in [5.41, 5.74) is 5.68. The minimum atomic E-state index is -1.04. The Hall–Kier alpha value is -0.430. The Morgan fingerprint density at radius 2 is 2.05 bits per heavy atom. The van der Waals surface area contributed by atoms with Crippen LogP contribution in [0.3, 0.4) is 0 Å². The van der Waals surface area contributed by atoms with Crippen LogP contribution >= 0.6 is 28.3 Å². The number of hydrogen-bond acceptors (Lipinski definition) is 3. The van der Waals surface area contributed by atoms with Crippen molar-refractivity contribution >= 4 is 45.0 Å². The van der Waals surface area contributed by atoms with Crippen molar-refractivity contribution in [2.24, 2.45) is 5.73 Å². The van der Waals surface area contributed by atoms with Gasteiger partial charge in [-0.2, -0.15) is 0 Å². The molecule has 2 rings (SSSR count). The van der Waals surface area contributed by atoms with Crippen molar-refractivity contribution in [3.63, 3.8) is 0 Å². The molecule has 0 aromatic heterocycles. The van der Waals surface area contributed by atoms with E-state index in [2.05, 4.69) is 15.9 Å². The van der Waals surface area contributed by atoms with Crippen LogP contribution in [0.2, 0.25) is 0 Å². The lowest BCUT2D eigenvalue weighted by atomic mass is 10.2. The minimum Gasteiger partial charge on any atom is -0.338 e. The van der Waals surface area contributed by atoms with Gasteiger partial charge in [-0.1, -0.05) is 15.9 Å². The van der Waals surface area contributed by atoms with Gasteiger partial charge in [0.1, 0.15) is 0 Å². The van der Waals surface area contributed by atoms with Gasteiger partial charge in [0.2, 0.25) is 5.91 Å². The van der Waals surface area contributed by atoms with Crippen molar-refractivity contribution in [1.29, 1.82) is 0 Å². The van der Waals surface area contributed by atoms with Gasteiger partial charge in [-0.25, -0.2) is 0 Å². The van der Waals surface area contributed by atoms with E-state index in [1.165, 1.54) is 0 Å². The lowest BCUT2D eigenvalue weighted by Crippen LogP contribution is -2.39. The number of nitrogens with zero attached hydrogens (tertiary/aromatic N) is 1. The first kappa shape index (κ1) is 19.6. The first-order valence-corrected chi connectivity index (χ1v) is 9.36. The molecule has 0 aliphatic carbocycles. The highest BCUT2D eigenvalue weighted by molar-refractivity contribution is 9.10. The molecule has 7 heteroatoms. The second-order valence-corrected chi connectivity index (χ2v) is 7.71. The van der Waals surface area contributed by atoms with E-state index in [0.29, 0.717) is 25.1 Å². The molecule has 0 bridgehead atoms. The van der Waals surface area contributed by atoms with Gasteiger partial charge in [-0.15, -0.1) is 12.4 Å². The second-order valence-electron chi connectivity index (χ2n) is 5.23. The molecule has 1 saturated heterocycles. The van der Waals surface area contributed by atoms with Crippen LogP contribution in [0.5, 0.6) is 0 Å². The topological polar surface area (TPSA) is 63.4 Å². The number of benzene rings is 1. The van der Waals surface area contributed by atoms with Crippen molar-refractivity contribution in [3.05, 3.63) is 28.7 Å². The number of likely N-dealkylation sites (tertiary alicyclic amines) is 1. The zero-order valence-electron chi connectivity index (χ0n) is 12.4. The fourth-order valence-electron chi connectivity index (χ4n) is 2.61. The Balaban J connectivity index is 0.00000242. The predicted molar refractivity (Wildman–Crippen MR) is 95.7 cm³/mol. The zero-order valence-corrected chi connectivity index (χ0v) is 15.6. The quantitative estimate of drug-likeness (QED) is 0.785. The van der Waals surface area contributed by atoms with E-state index in [1.54, 1.807) is 0 Å². The van der Waals surface area contributed by atoms with E-state index in [0.717, 1.165) is 28.8 Å². The molecule has 0 spiro atoms. The maximum Gasteiger partial charge on any atom is 0.222 e. The Kier molecular flexibility index (Phi) is 8.61. The van der Waals surface area contributed by atoms with E-state index >= 15 is 0 Å². The molecule has 1 fully saturated rings. The third-order valence-corrected chi connectivity index (χ3v) is 5.75. The summed E-state index contributed by atoms with van der Waals surface area (Å²) in [7, 11) is -1.04. The van der Waals surface area contributed by atoms with Gasteiger partial charge in [-0.05, 0) is 43.5 Å². The van der Waals surface area contributed by atoms with Crippen molar-refractivity contribution in [3.8, 4) is 0 Å². The van der Waals surface area contributed by atoms with Gasteiger partial charge >= 0.3 is 0 Å². The van der Waals surface area contributed by atoms with E-state index < -0.39 is 10.8 Å². The van der Waals surface area contributed by atoms with Crippen molar-refractivity contribution in [1.82, 2.24) is 4.90 Å².